The molecule has 4 aromatic rings. The largest absolute Gasteiger partial charge is 0.342 e. The molecule has 2 aromatic carbocycles. The number of nitrogens with zero attached hydrogens (tertiary/aromatic N) is 4. The lowest BCUT2D eigenvalue weighted by Crippen LogP contribution is -2.14. The van der Waals surface area contributed by atoms with E-state index in [2.05, 4.69) is 25.5 Å². The zero-order valence-corrected chi connectivity index (χ0v) is 17.4. The second-order valence-electron chi connectivity index (χ2n) is 7.13. The van der Waals surface area contributed by atoms with Gasteiger partial charge in [-0.2, -0.15) is 0 Å². The summed E-state index contributed by atoms with van der Waals surface area (Å²) in [6, 6.07) is 12.3. The van der Waals surface area contributed by atoms with Crippen LogP contribution in [0.4, 0.5) is 10.1 Å². The maximum Gasteiger partial charge on any atom is 0.234 e. The fourth-order valence-electron chi connectivity index (χ4n) is 3.06. The summed E-state index contributed by atoms with van der Waals surface area (Å²) in [5.74, 6) is 0.507. The van der Waals surface area contributed by atoms with Gasteiger partial charge in [0.15, 0.2) is 5.16 Å². The smallest absolute Gasteiger partial charge is 0.234 e. The molecule has 0 aliphatic heterocycles. The van der Waals surface area contributed by atoms with Gasteiger partial charge < -0.3 is 14.9 Å². The third-order valence-electron chi connectivity index (χ3n) is 4.56. The van der Waals surface area contributed by atoms with Gasteiger partial charge in [0.1, 0.15) is 18.0 Å². The van der Waals surface area contributed by atoms with Crippen molar-refractivity contribution in [2.45, 2.75) is 31.5 Å². The van der Waals surface area contributed by atoms with Crippen molar-refractivity contribution in [3.8, 4) is 0 Å². The number of anilines is 1. The van der Waals surface area contributed by atoms with Crippen LogP contribution in [-0.4, -0.2) is 36.4 Å². The lowest BCUT2D eigenvalue weighted by molar-refractivity contribution is -0.113. The normalized spacial score (nSPS) is 11.3. The van der Waals surface area contributed by atoms with Crippen molar-refractivity contribution in [1.82, 2.24) is 24.7 Å². The van der Waals surface area contributed by atoms with Crippen LogP contribution in [0.5, 0.6) is 0 Å². The second-order valence-corrected chi connectivity index (χ2v) is 8.08. The Morgan fingerprint density at radius 2 is 2.10 bits per heavy atom. The molecule has 0 fully saturated rings. The zero-order chi connectivity index (χ0) is 21.1. The van der Waals surface area contributed by atoms with Gasteiger partial charge in [-0.25, -0.2) is 9.37 Å². The molecule has 0 aliphatic rings. The van der Waals surface area contributed by atoms with Gasteiger partial charge in [0, 0.05) is 18.2 Å². The highest BCUT2D eigenvalue weighted by Gasteiger charge is 2.12. The Morgan fingerprint density at radius 1 is 1.27 bits per heavy atom. The van der Waals surface area contributed by atoms with E-state index in [1.807, 2.05) is 30.5 Å². The maximum absolute atomic E-state index is 13.9. The minimum Gasteiger partial charge on any atom is -0.342 e. The predicted molar refractivity (Wildman–Crippen MR) is 115 cm³/mol. The van der Waals surface area contributed by atoms with Crippen LogP contribution in [0, 0.1) is 5.82 Å². The summed E-state index contributed by atoms with van der Waals surface area (Å²) in [6.07, 6.45) is 2.03. The molecule has 4 rings (SSSR count). The molecule has 0 radical (unpaired) electrons. The van der Waals surface area contributed by atoms with Crippen LogP contribution in [0.15, 0.2) is 53.9 Å². The van der Waals surface area contributed by atoms with Crippen molar-refractivity contribution >= 4 is 34.4 Å². The number of aromatic amines is 1. The van der Waals surface area contributed by atoms with Crippen molar-refractivity contribution in [2.75, 3.05) is 11.1 Å². The molecule has 0 aliphatic carbocycles. The summed E-state index contributed by atoms with van der Waals surface area (Å²) in [5.41, 5.74) is 2.79. The van der Waals surface area contributed by atoms with Gasteiger partial charge in [-0.05, 0) is 43.7 Å². The van der Waals surface area contributed by atoms with Crippen LogP contribution >= 0.6 is 11.8 Å². The number of rotatable bonds is 7. The quantitative estimate of drug-likeness (QED) is 0.434. The van der Waals surface area contributed by atoms with E-state index in [1.54, 1.807) is 30.6 Å². The first-order valence-corrected chi connectivity index (χ1v) is 10.5. The van der Waals surface area contributed by atoms with Crippen LogP contribution in [0.25, 0.3) is 11.0 Å². The fourth-order valence-corrected chi connectivity index (χ4v) is 3.91. The number of aromatic nitrogens is 5. The molecular formula is C21H21FN6OS. The van der Waals surface area contributed by atoms with Gasteiger partial charge in [-0.3, -0.25) is 4.79 Å². The van der Waals surface area contributed by atoms with E-state index in [1.165, 1.54) is 17.8 Å². The zero-order valence-electron chi connectivity index (χ0n) is 16.6. The first-order valence-electron chi connectivity index (χ1n) is 9.54. The number of hydrogen-bond acceptors (Lipinski definition) is 5. The SMILES string of the molecule is CC(C)n1cnnc1SCC(=O)Nc1ccc2nc(Cc3ccccc3F)[nH]c2c1. The Labute approximate surface area is 177 Å². The number of hydrogen-bond donors (Lipinski definition) is 2. The molecule has 0 saturated heterocycles. The number of fused-ring (bicyclic) bond motifs is 1. The highest BCUT2D eigenvalue weighted by molar-refractivity contribution is 7.99. The Kier molecular flexibility index (Phi) is 5.80. The molecule has 2 N–H and O–H groups in total. The predicted octanol–water partition coefficient (Wildman–Crippen LogP) is 4.20. The van der Waals surface area contributed by atoms with Crippen molar-refractivity contribution in [3.63, 3.8) is 0 Å². The Bertz CT molecular complexity index is 1190. The molecule has 2 heterocycles. The van der Waals surface area contributed by atoms with Crippen molar-refractivity contribution in [2.24, 2.45) is 0 Å². The van der Waals surface area contributed by atoms with E-state index in [9.17, 15) is 9.18 Å². The van der Waals surface area contributed by atoms with E-state index in [0.717, 1.165) is 11.0 Å². The summed E-state index contributed by atoms with van der Waals surface area (Å²) in [6.45, 7) is 4.07. The summed E-state index contributed by atoms with van der Waals surface area (Å²) >= 11 is 1.34. The molecule has 2 aromatic heterocycles. The molecule has 0 saturated carbocycles. The van der Waals surface area contributed by atoms with Gasteiger partial charge in [0.05, 0.1) is 16.8 Å². The number of amides is 1. The van der Waals surface area contributed by atoms with Crippen molar-refractivity contribution in [1.29, 1.82) is 0 Å². The minimum atomic E-state index is -0.253. The van der Waals surface area contributed by atoms with Crippen LogP contribution in [0.1, 0.15) is 31.3 Å². The molecule has 0 atom stereocenters. The van der Waals surface area contributed by atoms with Crippen molar-refractivity contribution < 1.29 is 9.18 Å². The number of carbonyl (C=O) groups excluding carboxylic acids is 1. The van der Waals surface area contributed by atoms with Crippen LogP contribution in [0.2, 0.25) is 0 Å². The van der Waals surface area contributed by atoms with E-state index in [-0.39, 0.29) is 23.5 Å². The number of nitrogens with one attached hydrogen (secondary N) is 2. The molecule has 154 valence electrons. The highest BCUT2D eigenvalue weighted by atomic mass is 32.2. The third-order valence-corrected chi connectivity index (χ3v) is 5.52. The number of H-pyrrole nitrogens is 1. The van der Waals surface area contributed by atoms with E-state index in [0.29, 0.717) is 28.7 Å². The lowest BCUT2D eigenvalue weighted by Gasteiger charge is -2.09. The van der Waals surface area contributed by atoms with E-state index < -0.39 is 0 Å². The lowest BCUT2D eigenvalue weighted by atomic mass is 10.1. The first kappa shape index (κ1) is 20.1. The summed E-state index contributed by atoms with van der Waals surface area (Å²) in [4.78, 5) is 20.1. The topological polar surface area (TPSA) is 88.5 Å². The number of halogens is 1. The standard InChI is InChI=1S/C21H21FN6OS/c1-13(2)28-12-23-27-21(28)30-11-20(29)24-15-7-8-17-18(10-15)26-19(25-17)9-14-5-3-4-6-16(14)22/h3-8,10,12-13H,9,11H2,1-2H3,(H,24,29)(H,25,26). The van der Waals surface area contributed by atoms with Gasteiger partial charge >= 0.3 is 0 Å². The Balaban J connectivity index is 1.41. The Morgan fingerprint density at radius 3 is 2.90 bits per heavy atom. The molecule has 30 heavy (non-hydrogen) atoms. The van der Waals surface area contributed by atoms with E-state index >= 15 is 0 Å². The minimum absolute atomic E-state index is 0.135. The first-order chi connectivity index (χ1) is 14.5. The monoisotopic (exact) mass is 424 g/mol. The second kappa shape index (κ2) is 8.66. The summed E-state index contributed by atoms with van der Waals surface area (Å²) in [5, 5.41) is 11.6. The average molecular weight is 425 g/mol. The summed E-state index contributed by atoms with van der Waals surface area (Å²) in [7, 11) is 0. The molecule has 1 amide bonds. The van der Waals surface area contributed by atoms with Gasteiger partial charge in [-0.15, -0.1) is 10.2 Å². The van der Waals surface area contributed by atoms with Crippen molar-refractivity contribution in [3.05, 3.63) is 66.0 Å². The van der Waals surface area contributed by atoms with Crippen LogP contribution in [0.3, 0.4) is 0 Å². The number of carbonyl (C=O) groups is 1. The van der Waals surface area contributed by atoms with Gasteiger partial charge in [0.2, 0.25) is 5.91 Å². The van der Waals surface area contributed by atoms with Crippen LogP contribution < -0.4 is 5.32 Å². The maximum atomic E-state index is 13.9. The van der Waals surface area contributed by atoms with E-state index in [4.69, 9.17) is 0 Å². The Hall–Kier alpha value is -3.20. The number of imidazole rings is 1. The molecule has 9 heteroatoms. The molecule has 7 nitrogen and oxygen atoms in total. The highest BCUT2D eigenvalue weighted by Crippen LogP contribution is 2.21. The van der Waals surface area contributed by atoms with Gasteiger partial charge in [0.25, 0.3) is 0 Å². The fraction of sp³-hybridized carbons (Fsp3) is 0.238. The van der Waals surface area contributed by atoms with Gasteiger partial charge in [-0.1, -0.05) is 30.0 Å². The molecule has 0 spiro atoms. The molecule has 0 unspecified atom stereocenters. The third kappa shape index (κ3) is 4.51. The number of thioether (sulfide) groups is 1. The number of benzene rings is 2. The summed E-state index contributed by atoms with van der Waals surface area (Å²) < 4.78 is 15.8. The van der Waals surface area contributed by atoms with Crippen LogP contribution in [-0.2, 0) is 11.2 Å². The average Bonchev–Trinajstić information content (AvgIpc) is 3.34. The molecule has 0 bridgehead atoms. The molecular weight excluding hydrogens is 403 g/mol.